The topological polar surface area (TPSA) is 32.3 Å². The molecule has 0 radical (unpaired) electrons. The summed E-state index contributed by atoms with van der Waals surface area (Å²) >= 11 is 6.10. The van der Waals surface area contributed by atoms with Crippen molar-refractivity contribution >= 4 is 35.6 Å². The maximum atomic E-state index is 12.0. The number of aryl methyl sites for hydroxylation is 1. The van der Waals surface area contributed by atoms with Gasteiger partial charge in [-0.2, -0.15) is 0 Å². The van der Waals surface area contributed by atoms with Gasteiger partial charge in [-0.15, -0.1) is 12.4 Å². The van der Waals surface area contributed by atoms with E-state index in [-0.39, 0.29) is 18.3 Å². The second-order valence-electron chi connectivity index (χ2n) is 5.13. The summed E-state index contributed by atoms with van der Waals surface area (Å²) < 4.78 is 0. The second kappa shape index (κ2) is 8.50. The highest BCUT2D eigenvalue weighted by molar-refractivity contribution is 6.33. The number of hydrogen-bond acceptors (Lipinski definition) is 2. The van der Waals surface area contributed by atoms with Gasteiger partial charge < -0.3 is 10.2 Å². The lowest BCUT2D eigenvalue weighted by Gasteiger charge is -2.26. The van der Waals surface area contributed by atoms with E-state index in [2.05, 4.69) is 10.2 Å². The Balaban J connectivity index is 0.00000200. The molecule has 1 aromatic carbocycles. The molecule has 1 saturated heterocycles. The van der Waals surface area contributed by atoms with Crippen LogP contribution in [-0.4, -0.2) is 30.4 Å². The molecule has 0 saturated carbocycles. The molecule has 0 spiro atoms. The Labute approximate surface area is 132 Å². The lowest BCUT2D eigenvalue weighted by atomic mass is 10.1. The molecule has 1 heterocycles. The maximum absolute atomic E-state index is 12.0. The summed E-state index contributed by atoms with van der Waals surface area (Å²) in [6.07, 6.45) is 4.36. The summed E-state index contributed by atoms with van der Waals surface area (Å²) in [5.41, 5.74) is 1.74. The summed E-state index contributed by atoms with van der Waals surface area (Å²) in [6.45, 7) is 5.04. The minimum atomic E-state index is 0. The Hall–Kier alpha value is -0.770. The number of nitrogens with zero attached hydrogens (tertiary/aromatic N) is 1. The van der Waals surface area contributed by atoms with Crippen LogP contribution in [0.3, 0.4) is 0 Å². The van der Waals surface area contributed by atoms with E-state index in [0.29, 0.717) is 11.4 Å². The van der Waals surface area contributed by atoms with Crippen LogP contribution in [0.1, 0.15) is 31.2 Å². The molecule has 1 aromatic rings. The van der Waals surface area contributed by atoms with Crippen molar-refractivity contribution in [3.63, 3.8) is 0 Å². The standard InChI is InChI=1S/C15H21ClN2O.ClH/c1-12-6-5-7-13(16)15(12)17-14(19)8-11-18-9-3-2-4-10-18;/h5-7H,2-4,8-11H2,1H3,(H,17,19);1H. The van der Waals surface area contributed by atoms with Gasteiger partial charge >= 0.3 is 0 Å². The number of carbonyl (C=O) groups excluding carboxylic acids is 1. The van der Waals surface area contributed by atoms with Crippen LogP contribution in [0.15, 0.2) is 18.2 Å². The first-order chi connectivity index (χ1) is 9.16. The molecular formula is C15H22Cl2N2O. The van der Waals surface area contributed by atoms with Crippen LogP contribution < -0.4 is 5.32 Å². The summed E-state index contributed by atoms with van der Waals surface area (Å²) in [6, 6.07) is 5.64. The number of piperidine rings is 1. The number of benzene rings is 1. The van der Waals surface area contributed by atoms with Crippen molar-refractivity contribution < 1.29 is 4.79 Å². The summed E-state index contributed by atoms with van der Waals surface area (Å²) in [5, 5.41) is 3.52. The van der Waals surface area contributed by atoms with Crippen molar-refractivity contribution in [1.29, 1.82) is 0 Å². The maximum Gasteiger partial charge on any atom is 0.225 e. The van der Waals surface area contributed by atoms with E-state index >= 15 is 0 Å². The molecule has 5 heteroatoms. The fourth-order valence-electron chi connectivity index (χ4n) is 2.43. The largest absolute Gasteiger partial charge is 0.325 e. The molecule has 1 fully saturated rings. The first-order valence-electron chi connectivity index (χ1n) is 6.94. The van der Waals surface area contributed by atoms with Gasteiger partial charge in [-0.1, -0.05) is 30.2 Å². The van der Waals surface area contributed by atoms with Gasteiger partial charge in [0.15, 0.2) is 0 Å². The lowest BCUT2D eigenvalue weighted by molar-refractivity contribution is -0.116. The molecule has 1 aliphatic heterocycles. The SMILES string of the molecule is Cc1cccc(Cl)c1NC(=O)CCN1CCCCC1.Cl. The van der Waals surface area contributed by atoms with E-state index in [4.69, 9.17) is 11.6 Å². The smallest absolute Gasteiger partial charge is 0.225 e. The molecule has 0 aliphatic carbocycles. The third kappa shape index (κ3) is 4.97. The van der Waals surface area contributed by atoms with Gasteiger partial charge in [-0.3, -0.25) is 4.79 Å². The van der Waals surface area contributed by atoms with Crippen molar-refractivity contribution in [3.05, 3.63) is 28.8 Å². The molecule has 1 amide bonds. The van der Waals surface area contributed by atoms with E-state index in [1.807, 2.05) is 19.1 Å². The Bertz CT molecular complexity index is 425. The zero-order valence-electron chi connectivity index (χ0n) is 11.8. The molecule has 0 aromatic heterocycles. The average molecular weight is 317 g/mol. The molecule has 0 unspecified atom stereocenters. The van der Waals surface area contributed by atoms with Crippen LogP contribution in [0.2, 0.25) is 5.02 Å². The van der Waals surface area contributed by atoms with E-state index in [1.165, 1.54) is 19.3 Å². The highest BCUT2D eigenvalue weighted by Gasteiger charge is 2.13. The molecule has 112 valence electrons. The number of likely N-dealkylation sites (tertiary alicyclic amines) is 1. The lowest BCUT2D eigenvalue weighted by Crippen LogP contribution is -2.32. The number of halogens is 2. The Kier molecular flexibility index (Phi) is 7.35. The summed E-state index contributed by atoms with van der Waals surface area (Å²) in [4.78, 5) is 14.3. The number of nitrogens with one attached hydrogen (secondary N) is 1. The first kappa shape index (κ1) is 17.3. The predicted octanol–water partition coefficient (Wildman–Crippen LogP) is 3.88. The third-order valence-corrected chi connectivity index (χ3v) is 3.91. The van der Waals surface area contributed by atoms with Crippen LogP contribution >= 0.6 is 24.0 Å². The van der Waals surface area contributed by atoms with Crippen LogP contribution in [-0.2, 0) is 4.79 Å². The summed E-state index contributed by atoms with van der Waals surface area (Å²) in [5.74, 6) is 0.0433. The molecule has 2 rings (SSSR count). The quantitative estimate of drug-likeness (QED) is 0.914. The highest BCUT2D eigenvalue weighted by Crippen LogP contribution is 2.25. The molecule has 1 aliphatic rings. The van der Waals surface area contributed by atoms with Crippen LogP contribution in [0, 0.1) is 6.92 Å². The van der Waals surface area contributed by atoms with Crippen molar-refractivity contribution in [3.8, 4) is 0 Å². The van der Waals surface area contributed by atoms with Crippen molar-refractivity contribution in [1.82, 2.24) is 4.90 Å². The predicted molar refractivity (Wildman–Crippen MR) is 87.0 cm³/mol. The van der Waals surface area contributed by atoms with Gasteiger partial charge in [-0.05, 0) is 44.5 Å². The van der Waals surface area contributed by atoms with E-state index in [0.717, 1.165) is 30.9 Å². The third-order valence-electron chi connectivity index (χ3n) is 3.59. The zero-order chi connectivity index (χ0) is 13.7. The monoisotopic (exact) mass is 316 g/mol. The van der Waals surface area contributed by atoms with E-state index < -0.39 is 0 Å². The molecular weight excluding hydrogens is 295 g/mol. The number of carbonyl (C=O) groups is 1. The second-order valence-corrected chi connectivity index (χ2v) is 5.54. The molecule has 3 nitrogen and oxygen atoms in total. The normalized spacial score (nSPS) is 15.5. The van der Waals surface area contributed by atoms with Gasteiger partial charge in [0.05, 0.1) is 10.7 Å². The number of anilines is 1. The number of rotatable bonds is 4. The highest BCUT2D eigenvalue weighted by atomic mass is 35.5. The van der Waals surface area contributed by atoms with Crippen molar-refractivity contribution in [2.45, 2.75) is 32.6 Å². The van der Waals surface area contributed by atoms with Gasteiger partial charge in [0.2, 0.25) is 5.91 Å². The van der Waals surface area contributed by atoms with E-state index in [9.17, 15) is 4.79 Å². The van der Waals surface area contributed by atoms with Gasteiger partial charge in [-0.25, -0.2) is 0 Å². The van der Waals surface area contributed by atoms with Crippen LogP contribution in [0.25, 0.3) is 0 Å². The van der Waals surface area contributed by atoms with Crippen LogP contribution in [0.5, 0.6) is 0 Å². The van der Waals surface area contributed by atoms with Gasteiger partial charge in [0.25, 0.3) is 0 Å². The van der Waals surface area contributed by atoms with Gasteiger partial charge in [0, 0.05) is 13.0 Å². The van der Waals surface area contributed by atoms with Crippen LogP contribution in [0.4, 0.5) is 5.69 Å². The molecule has 0 atom stereocenters. The Morgan fingerprint density at radius 2 is 2.00 bits per heavy atom. The minimum absolute atomic E-state index is 0. The summed E-state index contributed by atoms with van der Waals surface area (Å²) in [7, 11) is 0. The number of amides is 1. The zero-order valence-corrected chi connectivity index (χ0v) is 13.4. The Morgan fingerprint density at radius 3 is 2.65 bits per heavy atom. The number of hydrogen-bond donors (Lipinski definition) is 1. The molecule has 0 bridgehead atoms. The molecule has 20 heavy (non-hydrogen) atoms. The fraction of sp³-hybridized carbons (Fsp3) is 0.533. The number of para-hydroxylation sites is 1. The average Bonchev–Trinajstić information content (AvgIpc) is 2.42. The minimum Gasteiger partial charge on any atom is -0.325 e. The molecule has 1 N–H and O–H groups in total. The Morgan fingerprint density at radius 1 is 1.30 bits per heavy atom. The van der Waals surface area contributed by atoms with Gasteiger partial charge in [0.1, 0.15) is 0 Å². The van der Waals surface area contributed by atoms with Crippen molar-refractivity contribution in [2.24, 2.45) is 0 Å². The first-order valence-corrected chi connectivity index (χ1v) is 7.32. The fourth-order valence-corrected chi connectivity index (χ4v) is 2.70. The van der Waals surface area contributed by atoms with Crippen molar-refractivity contribution in [2.75, 3.05) is 25.0 Å². The van der Waals surface area contributed by atoms with E-state index in [1.54, 1.807) is 6.07 Å².